The highest BCUT2D eigenvalue weighted by Gasteiger charge is 2.50. The summed E-state index contributed by atoms with van der Waals surface area (Å²) in [5.74, 6) is -1.87. The Balaban J connectivity index is 1.35. The van der Waals surface area contributed by atoms with Crippen LogP contribution in [0.1, 0.15) is 62.8 Å². The molecular weight excluding hydrogens is 795 g/mol. The quantitative estimate of drug-likeness (QED) is 0.0776. The van der Waals surface area contributed by atoms with Crippen LogP contribution in [0.3, 0.4) is 0 Å². The molecule has 3 amide bonds. The van der Waals surface area contributed by atoms with Gasteiger partial charge >= 0.3 is 12.1 Å². The Morgan fingerprint density at radius 1 is 0.629 bits per heavy atom. The molecule has 0 radical (unpaired) electrons. The predicted octanol–water partition coefficient (Wildman–Crippen LogP) is 6.15. The van der Waals surface area contributed by atoms with Crippen molar-refractivity contribution in [3.63, 3.8) is 0 Å². The van der Waals surface area contributed by atoms with E-state index >= 15 is 0 Å². The van der Waals surface area contributed by atoms with E-state index in [1.54, 1.807) is 20.8 Å². The van der Waals surface area contributed by atoms with Gasteiger partial charge in [0.05, 0.1) is 32.5 Å². The zero-order valence-electron chi connectivity index (χ0n) is 36.0. The third-order valence-electron chi connectivity index (χ3n) is 9.79. The van der Waals surface area contributed by atoms with Crippen molar-refractivity contribution in [2.75, 3.05) is 13.7 Å². The average Bonchev–Trinajstić information content (AvgIpc) is 3.63. The van der Waals surface area contributed by atoms with Crippen molar-refractivity contribution in [2.45, 2.75) is 115 Å². The minimum atomic E-state index is -1.39. The molecule has 0 unspecified atom stereocenters. The Morgan fingerprint density at radius 3 is 1.65 bits per heavy atom. The van der Waals surface area contributed by atoms with Crippen LogP contribution in [0.4, 0.5) is 4.79 Å². The molecule has 4 aromatic carbocycles. The van der Waals surface area contributed by atoms with Crippen molar-refractivity contribution in [1.29, 1.82) is 0 Å². The minimum absolute atomic E-state index is 0.0616. The van der Waals surface area contributed by atoms with Gasteiger partial charge in [-0.25, -0.2) is 4.79 Å². The number of likely N-dealkylation sites (N-methyl/N-ethyl adjacent to an activating group) is 1. The Hall–Kier alpha value is -5.64. The summed E-state index contributed by atoms with van der Waals surface area (Å²) in [6.07, 6.45) is -5.01. The molecule has 7 atom stereocenters. The number of nitrogens with one attached hydrogen (secondary N) is 3. The van der Waals surface area contributed by atoms with Crippen molar-refractivity contribution in [3.8, 4) is 0 Å². The first-order valence-corrected chi connectivity index (χ1v) is 20.8. The van der Waals surface area contributed by atoms with E-state index in [2.05, 4.69) is 16.0 Å². The van der Waals surface area contributed by atoms with Gasteiger partial charge in [-0.3, -0.25) is 14.4 Å². The zero-order chi connectivity index (χ0) is 44.3. The molecule has 1 fully saturated rings. The molecule has 0 aromatic heterocycles. The second-order valence-electron chi connectivity index (χ2n) is 15.9. The second kappa shape index (κ2) is 24.1. The zero-order valence-corrected chi connectivity index (χ0v) is 36.0. The van der Waals surface area contributed by atoms with E-state index < -0.39 is 78.9 Å². The van der Waals surface area contributed by atoms with Crippen LogP contribution in [-0.2, 0) is 74.0 Å². The van der Waals surface area contributed by atoms with E-state index in [1.807, 2.05) is 128 Å². The lowest BCUT2D eigenvalue weighted by atomic mass is 10.1. The molecule has 1 aliphatic heterocycles. The van der Waals surface area contributed by atoms with Gasteiger partial charge < -0.3 is 49.1 Å². The lowest BCUT2D eigenvalue weighted by molar-refractivity contribution is -0.194. The van der Waals surface area contributed by atoms with E-state index in [0.717, 1.165) is 22.3 Å². The molecule has 0 bridgehead atoms. The number of ether oxygens (including phenoxy) is 7. The van der Waals surface area contributed by atoms with Gasteiger partial charge in [-0.15, -0.1) is 0 Å². The molecule has 0 saturated carbocycles. The fourth-order valence-corrected chi connectivity index (χ4v) is 6.57. The lowest BCUT2D eigenvalue weighted by Gasteiger charge is -2.28. The van der Waals surface area contributed by atoms with Crippen LogP contribution in [-0.4, -0.2) is 85.9 Å². The van der Waals surface area contributed by atoms with Crippen LogP contribution >= 0.6 is 0 Å². The topological polar surface area (TPSA) is 169 Å². The molecule has 14 nitrogen and oxygen atoms in total. The molecule has 1 saturated heterocycles. The number of rotatable bonds is 22. The van der Waals surface area contributed by atoms with Gasteiger partial charge in [0, 0.05) is 13.5 Å². The summed E-state index contributed by atoms with van der Waals surface area (Å²) < 4.78 is 43.4. The second-order valence-corrected chi connectivity index (χ2v) is 15.9. The fraction of sp³-hybridized carbons (Fsp3) is 0.417. The standard InChI is InChI=1S/C48H59N3O11/c1-33(56-28-34-18-10-6-11-19-34)41-42(58-30-36-22-14-8-15-23-36)43(59-31-37-24-16-9-17-25-37)46(61-41)60-32-39(51-47(55)62-48(2,3)4)45(54)50-38(44(53)49-5)26-27-40(52)57-29-35-20-12-7-13-21-35/h6-25,33,38-39,41-43,46H,26-32H2,1-5H3,(H,49,53)(H,50,54)(H,51,55)/t33-,38-,39+,41+,42+,43-,46+/m0/s1. The highest BCUT2D eigenvalue weighted by atomic mass is 16.7. The minimum Gasteiger partial charge on any atom is -0.461 e. The van der Waals surface area contributed by atoms with E-state index in [9.17, 15) is 19.2 Å². The highest BCUT2D eigenvalue weighted by molar-refractivity contribution is 5.91. The first kappa shape index (κ1) is 47.4. The van der Waals surface area contributed by atoms with Crippen LogP contribution < -0.4 is 16.0 Å². The van der Waals surface area contributed by atoms with Gasteiger partial charge in [0.1, 0.15) is 42.6 Å². The number of esters is 1. The van der Waals surface area contributed by atoms with Gasteiger partial charge in [0.25, 0.3) is 0 Å². The number of amides is 3. The molecule has 62 heavy (non-hydrogen) atoms. The van der Waals surface area contributed by atoms with E-state index in [0.29, 0.717) is 6.61 Å². The maximum atomic E-state index is 14.1. The Morgan fingerprint density at radius 2 is 1.13 bits per heavy atom. The predicted molar refractivity (Wildman–Crippen MR) is 230 cm³/mol. The molecule has 0 spiro atoms. The van der Waals surface area contributed by atoms with Crippen molar-refractivity contribution < 1.29 is 52.3 Å². The Bertz CT molecular complexity index is 1970. The van der Waals surface area contributed by atoms with Gasteiger partial charge in [0.2, 0.25) is 11.8 Å². The molecule has 5 rings (SSSR count). The van der Waals surface area contributed by atoms with Crippen LogP contribution in [0.2, 0.25) is 0 Å². The fourth-order valence-electron chi connectivity index (χ4n) is 6.57. The summed E-state index contributed by atoms with van der Waals surface area (Å²) >= 11 is 0. The van der Waals surface area contributed by atoms with Gasteiger partial charge in [0.15, 0.2) is 6.29 Å². The molecule has 3 N–H and O–H groups in total. The Kier molecular flexibility index (Phi) is 18.4. The van der Waals surface area contributed by atoms with Crippen molar-refractivity contribution >= 4 is 23.9 Å². The van der Waals surface area contributed by atoms with Crippen LogP contribution in [0.25, 0.3) is 0 Å². The monoisotopic (exact) mass is 853 g/mol. The summed E-state index contributed by atoms with van der Waals surface area (Å²) in [5, 5.41) is 7.80. The first-order valence-electron chi connectivity index (χ1n) is 20.8. The van der Waals surface area contributed by atoms with Crippen LogP contribution in [0, 0.1) is 0 Å². The molecular formula is C48H59N3O11. The van der Waals surface area contributed by atoms with Gasteiger partial charge in [-0.2, -0.15) is 0 Å². The summed E-state index contributed by atoms with van der Waals surface area (Å²) in [7, 11) is 1.42. The number of carbonyl (C=O) groups excluding carboxylic acids is 4. The van der Waals surface area contributed by atoms with Crippen LogP contribution in [0.15, 0.2) is 121 Å². The van der Waals surface area contributed by atoms with Crippen LogP contribution in [0.5, 0.6) is 0 Å². The van der Waals surface area contributed by atoms with E-state index in [4.69, 9.17) is 33.2 Å². The number of benzene rings is 4. The van der Waals surface area contributed by atoms with Crippen molar-refractivity contribution in [1.82, 2.24) is 16.0 Å². The molecule has 1 aliphatic rings. The van der Waals surface area contributed by atoms with Gasteiger partial charge in [-0.05, 0) is 56.4 Å². The number of hydrogen-bond donors (Lipinski definition) is 3. The molecule has 332 valence electrons. The molecule has 14 heteroatoms. The third kappa shape index (κ3) is 15.7. The van der Waals surface area contributed by atoms with E-state index in [1.165, 1.54) is 7.05 Å². The summed E-state index contributed by atoms with van der Waals surface area (Å²) in [6.45, 7) is 7.32. The molecule has 4 aromatic rings. The van der Waals surface area contributed by atoms with Crippen molar-refractivity contribution in [2.24, 2.45) is 0 Å². The summed E-state index contributed by atoms with van der Waals surface area (Å²) in [5.41, 5.74) is 2.72. The maximum Gasteiger partial charge on any atom is 0.408 e. The SMILES string of the molecule is CNC(=O)[C@H](CCC(=O)OCc1ccccc1)NC(=O)[C@@H](CO[C@@H]1O[C@H]([C@H](C)OCc2ccccc2)[C@@H](OCc2ccccc2)[C@@H]1OCc1ccccc1)NC(=O)OC(C)(C)C. The maximum absolute atomic E-state index is 14.1. The van der Waals surface area contributed by atoms with Gasteiger partial charge in [-0.1, -0.05) is 121 Å². The number of carbonyl (C=O) groups is 4. The molecule has 1 heterocycles. The van der Waals surface area contributed by atoms with E-state index in [-0.39, 0.29) is 32.7 Å². The smallest absolute Gasteiger partial charge is 0.408 e. The Labute approximate surface area is 363 Å². The third-order valence-corrected chi connectivity index (χ3v) is 9.79. The normalized spacial score (nSPS) is 18.8. The first-order chi connectivity index (χ1) is 29.9. The number of hydrogen-bond acceptors (Lipinski definition) is 11. The number of alkyl carbamates (subject to hydrolysis) is 1. The lowest BCUT2D eigenvalue weighted by Crippen LogP contribution is -2.56. The summed E-state index contributed by atoms with van der Waals surface area (Å²) in [6, 6.07) is 35.7. The molecule has 0 aliphatic carbocycles. The summed E-state index contributed by atoms with van der Waals surface area (Å²) in [4.78, 5) is 53.0. The largest absolute Gasteiger partial charge is 0.461 e. The van der Waals surface area contributed by atoms with Crippen molar-refractivity contribution in [3.05, 3.63) is 144 Å². The highest BCUT2D eigenvalue weighted by Crippen LogP contribution is 2.32. The average molecular weight is 854 g/mol.